The van der Waals surface area contributed by atoms with Gasteiger partial charge in [0.15, 0.2) is 5.82 Å². The van der Waals surface area contributed by atoms with Crippen molar-refractivity contribution >= 4 is 5.82 Å². The Morgan fingerprint density at radius 3 is 3.00 bits per heavy atom. The fourth-order valence-corrected chi connectivity index (χ4v) is 3.08. The van der Waals surface area contributed by atoms with Gasteiger partial charge >= 0.3 is 6.55 Å². The van der Waals surface area contributed by atoms with Crippen molar-refractivity contribution in [1.82, 2.24) is 24.6 Å². The summed E-state index contributed by atoms with van der Waals surface area (Å²) in [5, 5.41) is 8.11. The lowest BCUT2D eigenvalue weighted by Crippen LogP contribution is -2.39. The number of aromatic nitrogens is 4. The molecule has 1 aliphatic heterocycles. The maximum atomic E-state index is 12.9. The lowest BCUT2D eigenvalue weighted by Gasteiger charge is -2.29. The Hall–Kier alpha value is -2.09. The first-order chi connectivity index (χ1) is 11.1. The predicted octanol–water partition coefficient (Wildman–Crippen LogP) is 2.17. The Bertz CT molecular complexity index is 617. The number of halogens is 2. The number of likely N-dealkylation sites (N-methyl/N-ethyl adjacent to an activating group) is 1. The molecule has 0 saturated carbocycles. The van der Waals surface area contributed by atoms with Crippen LogP contribution in [0, 0.1) is 0 Å². The van der Waals surface area contributed by atoms with E-state index >= 15 is 0 Å². The second kappa shape index (κ2) is 6.99. The molecule has 3 heterocycles. The minimum atomic E-state index is -2.55. The monoisotopic (exact) mass is 322 g/mol. The largest absolute Gasteiger partial charge is 0.351 e. The quantitative estimate of drug-likeness (QED) is 0.816. The van der Waals surface area contributed by atoms with Gasteiger partial charge < -0.3 is 4.90 Å². The normalized spacial score (nSPS) is 18.3. The molecule has 0 aromatic carbocycles. The number of hydrogen-bond donors (Lipinski definition) is 0. The van der Waals surface area contributed by atoms with Crippen LogP contribution < -0.4 is 4.90 Å². The zero-order valence-electron chi connectivity index (χ0n) is 13.0. The number of hydrogen-bond acceptors (Lipinski definition) is 5. The Kier molecular flexibility index (Phi) is 4.80. The van der Waals surface area contributed by atoms with Crippen LogP contribution in [0.1, 0.15) is 25.2 Å². The van der Waals surface area contributed by atoms with Gasteiger partial charge in [-0.25, -0.2) is 4.98 Å². The third kappa shape index (κ3) is 3.64. The second-order valence-electron chi connectivity index (χ2n) is 5.80. The van der Waals surface area contributed by atoms with Crippen molar-refractivity contribution in [2.75, 3.05) is 25.0 Å². The van der Waals surface area contributed by atoms with Gasteiger partial charge in [-0.3, -0.25) is 9.47 Å². The third-order valence-electron chi connectivity index (χ3n) is 4.12. The van der Waals surface area contributed by atoms with Crippen molar-refractivity contribution in [3.05, 3.63) is 36.5 Å². The first kappa shape index (κ1) is 15.8. The van der Waals surface area contributed by atoms with Crippen molar-refractivity contribution in [3.63, 3.8) is 0 Å². The minimum Gasteiger partial charge on any atom is -0.351 e. The van der Waals surface area contributed by atoms with Gasteiger partial charge in [0.2, 0.25) is 0 Å². The van der Waals surface area contributed by atoms with E-state index in [9.17, 15) is 8.78 Å². The van der Waals surface area contributed by atoms with Crippen molar-refractivity contribution in [1.29, 1.82) is 0 Å². The van der Waals surface area contributed by atoms with E-state index in [1.165, 1.54) is 12.4 Å². The number of imidazole rings is 1. The first-order valence-electron chi connectivity index (χ1n) is 7.68. The lowest BCUT2D eigenvalue weighted by molar-refractivity contribution is 0.0645. The molecule has 1 fully saturated rings. The Morgan fingerprint density at radius 1 is 1.39 bits per heavy atom. The summed E-state index contributed by atoms with van der Waals surface area (Å²) in [6, 6.07) is 4.14. The van der Waals surface area contributed by atoms with Gasteiger partial charge in [-0.2, -0.15) is 13.9 Å². The van der Waals surface area contributed by atoms with Gasteiger partial charge in [0, 0.05) is 37.7 Å². The van der Waals surface area contributed by atoms with Crippen molar-refractivity contribution in [3.8, 4) is 0 Å². The number of anilines is 1. The molecule has 2 aromatic heterocycles. The summed E-state index contributed by atoms with van der Waals surface area (Å²) in [6.45, 7) is -0.444. The number of alkyl halides is 2. The Morgan fingerprint density at radius 2 is 2.26 bits per heavy atom. The molecule has 1 aliphatic rings. The summed E-state index contributed by atoms with van der Waals surface area (Å²) in [4.78, 5) is 8.30. The van der Waals surface area contributed by atoms with Crippen molar-refractivity contribution in [2.24, 2.45) is 0 Å². The zero-order valence-corrected chi connectivity index (χ0v) is 13.0. The first-order valence-corrected chi connectivity index (χ1v) is 7.68. The molecular weight excluding hydrogens is 302 g/mol. The predicted molar refractivity (Wildman–Crippen MR) is 82.2 cm³/mol. The number of rotatable bonds is 6. The van der Waals surface area contributed by atoms with Gasteiger partial charge in [-0.05, 0) is 32.0 Å². The molecule has 124 valence electrons. The molecule has 1 unspecified atom stereocenters. The SMILES string of the molecule is CN(Cc1nccn1C(F)F)CC1CCCN1c1cccnn1. The molecule has 0 radical (unpaired) electrons. The standard InChI is InChI=1S/C15H20F2N6/c1-21(11-14-18-7-9-23(14)15(16)17)10-12-4-3-8-22(12)13-5-2-6-19-20-13/h2,5-7,9,12,15H,3-4,8,10-11H2,1H3. The summed E-state index contributed by atoms with van der Waals surface area (Å²) in [5.41, 5.74) is 0. The van der Waals surface area contributed by atoms with Crippen LogP contribution in [0.3, 0.4) is 0 Å². The van der Waals surface area contributed by atoms with E-state index in [-0.39, 0.29) is 0 Å². The third-order valence-corrected chi connectivity index (χ3v) is 4.12. The van der Waals surface area contributed by atoms with Crippen LogP contribution in [0.2, 0.25) is 0 Å². The summed E-state index contributed by atoms with van der Waals surface area (Å²) < 4.78 is 26.7. The van der Waals surface area contributed by atoms with Crippen LogP contribution in [0.5, 0.6) is 0 Å². The molecule has 8 heteroatoms. The van der Waals surface area contributed by atoms with E-state index in [2.05, 4.69) is 20.1 Å². The van der Waals surface area contributed by atoms with Crippen LogP contribution in [0.15, 0.2) is 30.7 Å². The van der Waals surface area contributed by atoms with Crippen LogP contribution in [-0.2, 0) is 6.54 Å². The van der Waals surface area contributed by atoms with E-state index in [4.69, 9.17) is 0 Å². The Balaban J connectivity index is 1.63. The van der Waals surface area contributed by atoms with E-state index in [0.29, 0.717) is 18.4 Å². The summed E-state index contributed by atoms with van der Waals surface area (Å²) >= 11 is 0. The summed E-state index contributed by atoms with van der Waals surface area (Å²) in [5.74, 6) is 1.25. The highest BCUT2D eigenvalue weighted by Crippen LogP contribution is 2.24. The molecule has 1 atom stereocenters. The van der Waals surface area contributed by atoms with E-state index in [1.54, 1.807) is 6.20 Å². The van der Waals surface area contributed by atoms with E-state index < -0.39 is 6.55 Å². The maximum absolute atomic E-state index is 12.9. The molecule has 0 amide bonds. The molecule has 0 N–H and O–H groups in total. The molecule has 6 nitrogen and oxygen atoms in total. The lowest BCUT2D eigenvalue weighted by atomic mass is 10.2. The average Bonchev–Trinajstić information content (AvgIpc) is 3.17. The van der Waals surface area contributed by atoms with Gasteiger partial charge in [0.05, 0.1) is 6.54 Å². The maximum Gasteiger partial charge on any atom is 0.319 e. The van der Waals surface area contributed by atoms with Gasteiger partial charge in [-0.1, -0.05) is 0 Å². The van der Waals surface area contributed by atoms with Crippen LogP contribution in [0.4, 0.5) is 14.6 Å². The molecular formula is C15H20F2N6. The van der Waals surface area contributed by atoms with E-state index in [0.717, 1.165) is 36.3 Å². The van der Waals surface area contributed by atoms with Gasteiger partial charge in [-0.15, -0.1) is 5.10 Å². The summed E-state index contributed by atoms with van der Waals surface area (Å²) in [7, 11) is 1.93. The molecule has 0 spiro atoms. The topological polar surface area (TPSA) is 50.1 Å². The van der Waals surface area contributed by atoms with Gasteiger partial charge in [0.25, 0.3) is 0 Å². The fourth-order valence-electron chi connectivity index (χ4n) is 3.08. The number of nitrogens with zero attached hydrogens (tertiary/aromatic N) is 6. The van der Waals surface area contributed by atoms with Crippen molar-refractivity contribution in [2.45, 2.75) is 32.0 Å². The second-order valence-corrected chi connectivity index (χ2v) is 5.80. The molecule has 2 aromatic rings. The van der Waals surface area contributed by atoms with Gasteiger partial charge in [0.1, 0.15) is 5.82 Å². The molecule has 0 bridgehead atoms. The van der Waals surface area contributed by atoms with E-state index in [1.807, 2.05) is 24.1 Å². The summed E-state index contributed by atoms with van der Waals surface area (Å²) in [6.07, 6.45) is 6.54. The highest BCUT2D eigenvalue weighted by atomic mass is 19.3. The highest BCUT2D eigenvalue weighted by molar-refractivity contribution is 5.39. The molecule has 3 rings (SSSR count). The smallest absolute Gasteiger partial charge is 0.319 e. The zero-order chi connectivity index (χ0) is 16.2. The average molecular weight is 322 g/mol. The molecule has 0 aliphatic carbocycles. The molecule has 1 saturated heterocycles. The Labute approximate surface area is 133 Å². The van der Waals surface area contributed by atoms with Crippen LogP contribution in [0.25, 0.3) is 0 Å². The van der Waals surface area contributed by atoms with Crippen LogP contribution in [-0.4, -0.2) is 50.8 Å². The van der Waals surface area contributed by atoms with Crippen molar-refractivity contribution < 1.29 is 8.78 Å². The minimum absolute atomic E-state index is 0.312. The molecule has 23 heavy (non-hydrogen) atoms. The highest BCUT2D eigenvalue weighted by Gasteiger charge is 2.27. The van der Waals surface area contributed by atoms with Crippen LogP contribution >= 0.6 is 0 Å². The fraction of sp³-hybridized carbons (Fsp3) is 0.533.